The number of guanidine groups is 1. The number of anilines is 2. The second-order valence-corrected chi connectivity index (χ2v) is 7.15. The van der Waals surface area contributed by atoms with Gasteiger partial charge in [-0.15, -0.1) is 0 Å². The average molecular weight is 396 g/mol. The predicted octanol–water partition coefficient (Wildman–Crippen LogP) is 3.12. The SMILES string of the molecule is CN=C(NCc1ccc(NC(=O)OC)cc1)NC1CCN(c2ccc(C)cc2)C1. The summed E-state index contributed by atoms with van der Waals surface area (Å²) in [5.74, 6) is 0.789. The number of nitrogens with one attached hydrogen (secondary N) is 3. The molecule has 1 saturated heterocycles. The number of nitrogens with zero attached hydrogens (tertiary/aromatic N) is 2. The highest BCUT2D eigenvalue weighted by atomic mass is 16.5. The van der Waals surface area contributed by atoms with Gasteiger partial charge in [0.1, 0.15) is 0 Å². The molecular weight excluding hydrogens is 366 g/mol. The van der Waals surface area contributed by atoms with Gasteiger partial charge < -0.3 is 20.3 Å². The van der Waals surface area contributed by atoms with E-state index < -0.39 is 6.09 Å². The summed E-state index contributed by atoms with van der Waals surface area (Å²) in [6, 6.07) is 16.6. The fourth-order valence-corrected chi connectivity index (χ4v) is 3.32. The van der Waals surface area contributed by atoms with Crippen LogP contribution in [-0.4, -0.2) is 45.3 Å². The minimum absolute atomic E-state index is 0.356. The van der Waals surface area contributed by atoms with Crippen molar-refractivity contribution in [3.05, 3.63) is 59.7 Å². The van der Waals surface area contributed by atoms with Crippen LogP contribution < -0.4 is 20.9 Å². The molecule has 3 N–H and O–H groups in total. The van der Waals surface area contributed by atoms with Crippen molar-refractivity contribution in [3.63, 3.8) is 0 Å². The van der Waals surface area contributed by atoms with Gasteiger partial charge in [-0.3, -0.25) is 10.3 Å². The van der Waals surface area contributed by atoms with Crippen LogP contribution in [0.3, 0.4) is 0 Å². The van der Waals surface area contributed by atoms with Crippen molar-refractivity contribution < 1.29 is 9.53 Å². The fourth-order valence-electron chi connectivity index (χ4n) is 3.32. The Bertz CT molecular complexity index is 833. The van der Waals surface area contributed by atoms with Crippen LogP contribution in [-0.2, 0) is 11.3 Å². The number of amides is 1. The van der Waals surface area contributed by atoms with E-state index in [1.807, 2.05) is 24.3 Å². The van der Waals surface area contributed by atoms with Crippen LogP contribution in [0.1, 0.15) is 17.5 Å². The van der Waals surface area contributed by atoms with Crippen LogP contribution in [0.15, 0.2) is 53.5 Å². The van der Waals surface area contributed by atoms with Crippen molar-refractivity contribution in [2.24, 2.45) is 4.99 Å². The minimum Gasteiger partial charge on any atom is -0.453 e. The van der Waals surface area contributed by atoms with Gasteiger partial charge in [-0.2, -0.15) is 0 Å². The predicted molar refractivity (Wildman–Crippen MR) is 118 cm³/mol. The van der Waals surface area contributed by atoms with Gasteiger partial charge in [0.25, 0.3) is 0 Å². The number of hydrogen-bond donors (Lipinski definition) is 3. The highest BCUT2D eigenvalue weighted by Gasteiger charge is 2.23. The molecule has 1 amide bonds. The molecule has 1 fully saturated rings. The Morgan fingerprint density at radius 1 is 1.17 bits per heavy atom. The lowest BCUT2D eigenvalue weighted by Crippen LogP contribution is -2.44. The molecule has 0 aliphatic carbocycles. The Balaban J connectivity index is 1.47. The molecule has 1 heterocycles. The Labute approximate surface area is 172 Å². The maximum atomic E-state index is 11.2. The van der Waals surface area contributed by atoms with E-state index in [9.17, 15) is 4.79 Å². The van der Waals surface area contributed by atoms with Gasteiger partial charge in [0.15, 0.2) is 5.96 Å². The number of aliphatic imine (C=N–C) groups is 1. The second-order valence-electron chi connectivity index (χ2n) is 7.15. The number of carbonyl (C=O) groups is 1. The molecular formula is C22H29N5O2. The third-order valence-electron chi connectivity index (χ3n) is 5.00. The number of methoxy groups -OCH3 is 1. The second kappa shape index (κ2) is 9.82. The number of aryl methyl sites for hydroxylation is 1. The van der Waals surface area contributed by atoms with Gasteiger partial charge in [0.05, 0.1) is 7.11 Å². The number of carbonyl (C=O) groups excluding carboxylic acids is 1. The van der Waals surface area contributed by atoms with Crippen molar-refractivity contribution in [1.29, 1.82) is 0 Å². The summed E-state index contributed by atoms with van der Waals surface area (Å²) in [6.07, 6.45) is 0.597. The Hall–Kier alpha value is -3.22. The molecule has 0 saturated carbocycles. The molecule has 1 unspecified atom stereocenters. The first-order chi connectivity index (χ1) is 14.1. The zero-order valence-electron chi connectivity index (χ0n) is 17.2. The summed E-state index contributed by atoms with van der Waals surface area (Å²) in [6.45, 7) is 4.74. The van der Waals surface area contributed by atoms with Gasteiger partial charge in [0.2, 0.25) is 0 Å². The van der Waals surface area contributed by atoms with E-state index in [-0.39, 0.29) is 0 Å². The maximum absolute atomic E-state index is 11.2. The number of ether oxygens (including phenoxy) is 1. The normalized spacial score (nSPS) is 16.4. The van der Waals surface area contributed by atoms with E-state index in [0.29, 0.717) is 18.3 Å². The number of benzene rings is 2. The molecule has 154 valence electrons. The number of rotatable bonds is 5. The lowest BCUT2D eigenvalue weighted by molar-refractivity contribution is 0.187. The van der Waals surface area contributed by atoms with Gasteiger partial charge in [-0.25, -0.2) is 4.79 Å². The molecule has 3 rings (SSSR count). The lowest BCUT2D eigenvalue weighted by Gasteiger charge is -2.20. The van der Waals surface area contributed by atoms with Crippen molar-refractivity contribution in [2.75, 3.05) is 37.5 Å². The molecule has 0 bridgehead atoms. The van der Waals surface area contributed by atoms with Crippen LogP contribution in [0.5, 0.6) is 0 Å². The average Bonchev–Trinajstić information content (AvgIpc) is 3.21. The fraction of sp³-hybridized carbons (Fsp3) is 0.364. The van der Waals surface area contributed by atoms with Crippen LogP contribution in [0, 0.1) is 6.92 Å². The van der Waals surface area contributed by atoms with Crippen molar-refractivity contribution in [1.82, 2.24) is 10.6 Å². The van der Waals surface area contributed by atoms with Crippen LogP contribution in [0.4, 0.5) is 16.2 Å². The summed E-state index contributed by atoms with van der Waals surface area (Å²) >= 11 is 0. The van der Waals surface area contributed by atoms with Crippen molar-refractivity contribution >= 4 is 23.4 Å². The summed E-state index contributed by atoms with van der Waals surface area (Å²) in [5.41, 5.74) is 4.34. The van der Waals surface area contributed by atoms with E-state index in [2.05, 4.69) is 61.8 Å². The third-order valence-corrected chi connectivity index (χ3v) is 5.00. The summed E-state index contributed by atoms with van der Waals surface area (Å²) in [7, 11) is 3.13. The Morgan fingerprint density at radius 3 is 2.55 bits per heavy atom. The Morgan fingerprint density at radius 2 is 1.90 bits per heavy atom. The molecule has 0 aromatic heterocycles. The third kappa shape index (κ3) is 5.88. The molecule has 29 heavy (non-hydrogen) atoms. The monoisotopic (exact) mass is 395 g/mol. The van der Waals surface area contributed by atoms with Crippen LogP contribution in [0.25, 0.3) is 0 Å². The molecule has 1 atom stereocenters. The lowest BCUT2D eigenvalue weighted by atomic mass is 10.2. The highest BCUT2D eigenvalue weighted by molar-refractivity contribution is 5.84. The first-order valence-electron chi connectivity index (χ1n) is 9.80. The van der Waals surface area contributed by atoms with E-state index in [1.165, 1.54) is 18.4 Å². The largest absolute Gasteiger partial charge is 0.453 e. The quantitative estimate of drug-likeness (QED) is 0.536. The van der Waals surface area contributed by atoms with Gasteiger partial charge >= 0.3 is 6.09 Å². The van der Waals surface area contributed by atoms with Gasteiger partial charge in [0, 0.05) is 44.1 Å². The minimum atomic E-state index is -0.475. The number of hydrogen-bond acceptors (Lipinski definition) is 4. The topological polar surface area (TPSA) is 78.0 Å². The molecule has 7 nitrogen and oxygen atoms in total. The molecule has 1 aliphatic rings. The summed E-state index contributed by atoms with van der Waals surface area (Å²) in [5, 5.41) is 9.51. The molecule has 2 aromatic carbocycles. The molecule has 0 radical (unpaired) electrons. The van der Waals surface area contributed by atoms with Crippen LogP contribution in [0.2, 0.25) is 0 Å². The van der Waals surface area contributed by atoms with Crippen molar-refractivity contribution in [3.8, 4) is 0 Å². The van der Waals surface area contributed by atoms with E-state index in [4.69, 9.17) is 0 Å². The molecule has 2 aromatic rings. The van der Waals surface area contributed by atoms with Gasteiger partial charge in [-0.05, 0) is 43.2 Å². The standard InChI is InChI=1S/C22H29N5O2/c1-16-4-10-20(11-5-16)27-13-12-19(15-27)25-21(23-2)24-14-17-6-8-18(9-7-17)26-22(28)29-3/h4-11,19H,12-15H2,1-3H3,(H,26,28)(H2,23,24,25). The van der Waals surface area contributed by atoms with Crippen molar-refractivity contribution in [2.45, 2.75) is 25.9 Å². The zero-order valence-corrected chi connectivity index (χ0v) is 17.2. The van der Waals surface area contributed by atoms with Crippen LogP contribution >= 0.6 is 0 Å². The highest BCUT2D eigenvalue weighted by Crippen LogP contribution is 2.20. The van der Waals surface area contributed by atoms with Gasteiger partial charge in [-0.1, -0.05) is 29.8 Å². The first-order valence-corrected chi connectivity index (χ1v) is 9.80. The summed E-state index contributed by atoms with van der Waals surface area (Å²) in [4.78, 5) is 18.0. The van der Waals surface area contributed by atoms with E-state index in [0.717, 1.165) is 31.0 Å². The molecule has 1 aliphatic heterocycles. The maximum Gasteiger partial charge on any atom is 0.411 e. The van der Waals surface area contributed by atoms with E-state index in [1.54, 1.807) is 7.05 Å². The first kappa shape index (κ1) is 20.5. The molecule has 7 heteroatoms. The Kier molecular flexibility index (Phi) is 6.94. The zero-order chi connectivity index (χ0) is 20.6. The smallest absolute Gasteiger partial charge is 0.411 e. The molecule has 0 spiro atoms. The summed E-state index contributed by atoms with van der Waals surface area (Å²) < 4.78 is 4.59. The van der Waals surface area contributed by atoms with E-state index >= 15 is 0 Å².